The van der Waals surface area contributed by atoms with E-state index < -0.39 is 17.6 Å². The molecular formula is C28H24F3N5O. The van der Waals surface area contributed by atoms with Gasteiger partial charge in [-0.05, 0) is 68.7 Å². The molecule has 0 saturated carbocycles. The third kappa shape index (κ3) is 5.28. The van der Waals surface area contributed by atoms with E-state index in [9.17, 15) is 18.0 Å². The molecule has 188 valence electrons. The Morgan fingerprint density at radius 2 is 1.84 bits per heavy atom. The number of nitrogens with zero attached hydrogens (tertiary/aromatic N) is 3. The Bertz CT molecular complexity index is 1560. The molecule has 1 fully saturated rings. The van der Waals surface area contributed by atoms with Crippen molar-refractivity contribution in [2.75, 3.05) is 23.3 Å². The molecule has 0 atom stereocenters. The fraction of sp³-hybridized carbons (Fsp3) is 0.250. The molecular weight excluding hydrogens is 479 g/mol. The third-order valence-corrected chi connectivity index (χ3v) is 6.42. The number of aryl methyl sites for hydroxylation is 2. The van der Waals surface area contributed by atoms with Crippen LogP contribution in [0.5, 0.6) is 0 Å². The van der Waals surface area contributed by atoms with Gasteiger partial charge in [-0.2, -0.15) is 18.3 Å². The second-order valence-corrected chi connectivity index (χ2v) is 9.14. The number of aromatic amines is 1. The Balaban J connectivity index is 1.41. The van der Waals surface area contributed by atoms with Crippen molar-refractivity contribution in [3.63, 3.8) is 0 Å². The molecule has 37 heavy (non-hydrogen) atoms. The number of aromatic nitrogens is 3. The Labute approximate surface area is 211 Å². The van der Waals surface area contributed by atoms with Gasteiger partial charge in [0.15, 0.2) is 5.65 Å². The first-order valence-corrected chi connectivity index (χ1v) is 11.9. The van der Waals surface area contributed by atoms with E-state index in [0.29, 0.717) is 41.1 Å². The highest BCUT2D eigenvalue weighted by molar-refractivity contribution is 6.04. The van der Waals surface area contributed by atoms with E-state index >= 15 is 0 Å². The molecule has 6 nitrogen and oxygen atoms in total. The topological polar surface area (TPSA) is 73.9 Å². The Morgan fingerprint density at radius 3 is 2.59 bits per heavy atom. The van der Waals surface area contributed by atoms with Crippen LogP contribution in [0.2, 0.25) is 0 Å². The number of fused-ring (bicyclic) bond motifs is 1. The lowest BCUT2D eigenvalue weighted by molar-refractivity contribution is -0.137. The number of H-pyrrole nitrogens is 1. The molecule has 0 bridgehead atoms. The molecule has 0 spiro atoms. The standard InChI is InChI=1S/C28H24F3N5O/c1-17-5-7-21(12-20(17)8-6-19-11-25-18(2)34-35-26(25)32-16-19)27(37)33-23-13-22(28(29,30)31)14-24(15-23)36-9-3-4-10-36/h5,7,11-16H,3-4,9-10H2,1-2H3,(H,33,37)(H,32,34,35). The van der Waals surface area contributed by atoms with Crippen LogP contribution in [0.25, 0.3) is 11.0 Å². The monoisotopic (exact) mass is 503 g/mol. The van der Waals surface area contributed by atoms with Crippen LogP contribution in [-0.2, 0) is 6.18 Å². The van der Waals surface area contributed by atoms with Gasteiger partial charge in [0.25, 0.3) is 5.91 Å². The number of carbonyl (C=O) groups is 1. The number of anilines is 2. The molecule has 5 rings (SSSR count). The number of halogens is 3. The molecule has 0 radical (unpaired) electrons. The molecule has 4 aromatic rings. The lowest BCUT2D eigenvalue weighted by Gasteiger charge is -2.21. The highest BCUT2D eigenvalue weighted by Crippen LogP contribution is 2.35. The number of alkyl halides is 3. The van der Waals surface area contributed by atoms with Crippen LogP contribution in [0.15, 0.2) is 48.7 Å². The van der Waals surface area contributed by atoms with Crippen molar-refractivity contribution in [3.8, 4) is 11.8 Å². The first-order chi connectivity index (χ1) is 17.7. The Hall–Kier alpha value is -4.32. The highest BCUT2D eigenvalue weighted by Gasteiger charge is 2.32. The lowest BCUT2D eigenvalue weighted by Crippen LogP contribution is -2.20. The summed E-state index contributed by atoms with van der Waals surface area (Å²) in [5.41, 5.74) is 3.77. The number of benzene rings is 2. The van der Waals surface area contributed by atoms with Gasteiger partial charge in [0, 0.05) is 58.4 Å². The Kier molecular flexibility index (Phi) is 6.34. The second kappa shape index (κ2) is 9.62. The SMILES string of the molecule is Cc1ccc(C(=O)Nc2cc(N3CCCC3)cc(C(F)(F)F)c2)cc1C#Cc1cnc2n[nH]c(C)c2c1. The first kappa shape index (κ1) is 24.4. The molecule has 1 aliphatic heterocycles. The van der Waals surface area contributed by atoms with Crippen molar-refractivity contribution in [3.05, 3.63) is 82.2 Å². The molecule has 9 heteroatoms. The predicted molar refractivity (Wildman–Crippen MR) is 137 cm³/mol. The number of rotatable bonds is 3. The zero-order valence-corrected chi connectivity index (χ0v) is 20.3. The second-order valence-electron chi connectivity index (χ2n) is 9.14. The van der Waals surface area contributed by atoms with Gasteiger partial charge in [0.05, 0.1) is 5.56 Å². The number of hydrogen-bond acceptors (Lipinski definition) is 4. The number of nitrogens with one attached hydrogen (secondary N) is 2. The summed E-state index contributed by atoms with van der Waals surface area (Å²) < 4.78 is 40.7. The fourth-order valence-corrected chi connectivity index (χ4v) is 4.33. The van der Waals surface area contributed by atoms with Crippen LogP contribution < -0.4 is 10.2 Å². The highest BCUT2D eigenvalue weighted by atomic mass is 19.4. The fourth-order valence-electron chi connectivity index (χ4n) is 4.33. The number of pyridine rings is 1. The van der Waals surface area contributed by atoms with E-state index in [2.05, 4.69) is 32.3 Å². The van der Waals surface area contributed by atoms with Gasteiger partial charge in [0.2, 0.25) is 0 Å². The summed E-state index contributed by atoms with van der Waals surface area (Å²) in [6.07, 6.45) is -1.03. The van der Waals surface area contributed by atoms with Gasteiger partial charge < -0.3 is 10.2 Å². The molecule has 2 N–H and O–H groups in total. The summed E-state index contributed by atoms with van der Waals surface area (Å²) >= 11 is 0. The van der Waals surface area contributed by atoms with E-state index in [-0.39, 0.29) is 5.69 Å². The van der Waals surface area contributed by atoms with Gasteiger partial charge in [-0.15, -0.1) is 0 Å². The van der Waals surface area contributed by atoms with Gasteiger partial charge in [-0.3, -0.25) is 9.89 Å². The Morgan fingerprint density at radius 1 is 1.05 bits per heavy atom. The summed E-state index contributed by atoms with van der Waals surface area (Å²) in [6, 6.07) is 10.6. The van der Waals surface area contributed by atoms with Crippen molar-refractivity contribution in [2.24, 2.45) is 0 Å². The summed E-state index contributed by atoms with van der Waals surface area (Å²) in [6.45, 7) is 5.16. The molecule has 0 aliphatic carbocycles. The normalized spacial score (nSPS) is 13.5. The lowest BCUT2D eigenvalue weighted by atomic mass is 10.0. The third-order valence-electron chi connectivity index (χ3n) is 6.42. The maximum Gasteiger partial charge on any atom is 0.416 e. The zero-order valence-electron chi connectivity index (χ0n) is 20.3. The van der Waals surface area contributed by atoms with Crippen LogP contribution in [0, 0.1) is 25.7 Å². The largest absolute Gasteiger partial charge is 0.416 e. The first-order valence-electron chi connectivity index (χ1n) is 11.9. The molecule has 2 aromatic carbocycles. The van der Waals surface area contributed by atoms with Crippen LogP contribution in [0.4, 0.5) is 24.5 Å². The van der Waals surface area contributed by atoms with Gasteiger partial charge in [-0.1, -0.05) is 17.9 Å². The van der Waals surface area contributed by atoms with Crippen molar-refractivity contribution in [2.45, 2.75) is 32.9 Å². The van der Waals surface area contributed by atoms with Gasteiger partial charge in [-0.25, -0.2) is 4.98 Å². The minimum Gasteiger partial charge on any atom is -0.371 e. The molecule has 2 aromatic heterocycles. The minimum absolute atomic E-state index is 0.102. The minimum atomic E-state index is -4.52. The van der Waals surface area contributed by atoms with Crippen molar-refractivity contribution in [1.29, 1.82) is 0 Å². The maximum atomic E-state index is 13.6. The number of carbonyl (C=O) groups excluding carboxylic acids is 1. The maximum absolute atomic E-state index is 13.6. The van der Waals surface area contributed by atoms with E-state index in [4.69, 9.17) is 0 Å². The van der Waals surface area contributed by atoms with E-state index in [1.807, 2.05) is 24.8 Å². The van der Waals surface area contributed by atoms with E-state index in [1.165, 1.54) is 0 Å². The van der Waals surface area contributed by atoms with Gasteiger partial charge >= 0.3 is 6.18 Å². The zero-order chi connectivity index (χ0) is 26.2. The van der Waals surface area contributed by atoms with Gasteiger partial charge in [0.1, 0.15) is 0 Å². The summed E-state index contributed by atoms with van der Waals surface area (Å²) in [4.78, 5) is 19.2. The molecule has 0 unspecified atom stereocenters. The summed E-state index contributed by atoms with van der Waals surface area (Å²) in [7, 11) is 0. The predicted octanol–water partition coefficient (Wildman–Crippen LogP) is 5.85. The summed E-state index contributed by atoms with van der Waals surface area (Å²) in [5.74, 6) is 5.65. The van der Waals surface area contributed by atoms with Crippen LogP contribution in [-0.4, -0.2) is 34.2 Å². The molecule has 1 aliphatic rings. The smallest absolute Gasteiger partial charge is 0.371 e. The average molecular weight is 504 g/mol. The van der Waals surface area contributed by atoms with Crippen molar-refractivity contribution >= 4 is 28.3 Å². The summed E-state index contributed by atoms with van der Waals surface area (Å²) in [5, 5.41) is 10.5. The molecule has 1 saturated heterocycles. The van der Waals surface area contributed by atoms with Crippen LogP contribution in [0.3, 0.4) is 0 Å². The van der Waals surface area contributed by atoms with E-state index in [0.717, 1.165) is 41.6 Å². The molecule has 1 amide bonds. The van der Waals surface area contributed by atoms with Crippen LogP contribution >= 0.6 is 0 Å². The average Bonchev–Trinajstić information content (AvgIpc) is 3.53. The molecule has 3 heterocycles. The number of amides is 1. The van der Waals surface area contributed by atoms with Crippen LogP contribution in [0.1, 0.15) is 51.1 Å². The number of hydrogen-bond donors (Lipinski definition) is 2. The van der Waals surface area contributed by atoms with Crippen molar-refractivity contribution in [1.82, 2.24) is 15.2 Å². The van der Waals surface area contributed by atoms with E-state index in [1.54, 1.807) is 30.5 Å². The quantitative estimate of drug-likeness (QED) is 0.344. The van der Waals surface area contributed by atoms with Crippen molar-refractivity contribution < 1.29 is 18.0 Å².